The van der Waals surface area contributed by atoms with Crippen LogP contribution >= 0.6 is 0 Å². The van der Waals surface area contributed by atoms with E-state index in [4.69, 9.17) is 11.0 Å². The molecule has 0 aromatic carbocycles. The first-order chi connectivity index (χ1) is 6.83. The van der Waals surface area contributed by atoms with E-state index in [0.29, 0.717) is 5.56 Å². The third-order valence-electron chi connectivity index (χ3n) is 1.52. The van der Waals surface area contributed by atoms with Crippen LogP contribution in [0, 0.1) is 18.3 Å². The lowest BCUT2D eigenvalue weighted by Crippen LogP contribution is -2.19. The number of halogens is 3. The van der Waals surface area contributed by atoms with Crippen molar-refractivity contribution in [2.75, 3.05) is 5.73 Å². The molecular formula is C8H6F3N3O. The van der Waals surface area contributed by atoms with Gasteiger partial charge in [0.25, 0.3) is 0 Å². The number of nitrogens with two attached hydrogens (primary N) is 1. The smallest absolute Gasteiger partial charge is 0.394 e. The molecule has 0 radical (unpaired) electrons. The van der Waals surface area contributed by atoms with Gasteiger partial charge < -0.3 is 10.5 Å². The van der Waals surface area contributed by atoms with E-state index in [-0.39, 0.29) is 11.4 Å². The zero-order valence-corrected chi connectivity index (χ0v) is 7.59. The average molecular weight is 217 g/mol. The lowest BCUT2D eigenvalue weighted by atomic mass is 10.2. The molecule has 0 aliphatic rings. The average Bonchev–Trinajstić information content (AvgIpc) is 2.07. The van der Waals surface area contributed by atoms with Crippen molar-refractivity contribution >= 4 is 5.69 Å². The van der Waals surface area contributed by atoms with Crippen molar-refractivity contribution in [1.82, 2.24) is 4.98 Å². The molecule has 0 aliphatic carbocycles. The number of anilines is 1. The number of pyridine rings is 1. The molecular weight excluding hydrogens is 211 g/mol. The highest BCUT2D eigenvalue weighted by atomic mass is 19.4. The standard InChI is InChI=1S/C8H6F3N3O/c1-4-2-5(13)7(14-6(4)3-12)15-8(9,10)11/h2H,13H2,1H3. The van der Waals surface area contributed by atoms with E-state index in [2.05, 4.69) is 9.72 Å². The molecule has 0 atom stereocenters. The van der Waals surface area contributed by atoms with E-state index in [1.165, 1.54) is 13.0 Å². The van der Waals surface area contributed by atoms with Crippen LogP contribution in [0.5, 0.6) is 5.88 Å². The molecule has 0 bridgehead atoms. The van der Waals surface area contributed by atoms with Crippen LogP contribution in [0.2, 0.25) is 0 Å². The van der Waals surface area contributed by atoms with E-state index in [1.54, 1.807) is 6.07 Å². The van der Waals surface area contributed by atoms with Gasteiger partial charge in [0.1, 0.15) is 11.8 Å². The number of aryl methyl sites for hydroxylation is 1. The van der Waals surface area contributed by atoms with E-state index in [0.717, 1.165) is 0 Å². The summed E-state index contributed by atoms with van der Waals surface area (Å²) in [7, 11) is 0. The van der Waals surface area contributed by atoms with Crippen LogP contribution in [0.25, 0.3) is 0 Å². The second kappa shape index (κ2) is 3.65. The highest BCUT2D eigenvalue weighted by Crippen LogP contribution is 2.27. The molecule has 0 spiro atoms. The van der Waals surface area contributed by atoms with Crippen LogP contribution in [0.1, 0.15) is 11.3 Å². The molecule has 1 heterocycles. The van der Waals surface area contributed by atoms with Crippen molar-refractivity contribution in [3.05, 3.63) is 17.3 Å². The highest BCUT2D eigenvalue weighted by molar-refractivity contribution is 5.53. The molecule has 1 aromatic heterocycles. The number of nitrogens with zero attached hydrogens (tertiary/aromatic N) is 2. The summed E-state index contributed by atoms with van der Waals surface area (Å²) in [5.41, 5.74) is 5.24. The molecule has 7 heteroatoms. The highest BCUT2D eigenvalue weighted by Gasteiger charge is 2.33. The van der Waals surface area contributed by atoms with E-state index < -0.39 is 12.2 Å². The topological polar surface area (TPSA) is 71.9 Å². The van der Waals surface area contributed by atoms with Gasteiger partial charge in [-0.15, -0.1) is 13.2 Å². The Kier molecular flexibility index (Phi) is 2.70. The summed E-state index contributed by atoms with van der Waals surface area (Å²) < 4.78 is 39.1. The lowest BCUT2D eigenvalue weighted by molar-refractivity contribution is -0.275. The molecule has 1 aromatic rings. The second-order valence-electron chi connectivity index (χ2n) is 2.71. The first-order valence-corrected chi connectivity index (χ1v) is 3.76. The Morgan fingerprint density at radius 3 is 2.60 bits per heavy atom. The summed E-state index contributed by atoms with van der Waals surface area (Å²) in [6.45, 7) is 1.51. The van der Waals surface area contributed by atoms with Crippen LogP contribution in [0.15, 0.2) is 6.07 Å². The molecule has 0 fully saturated rings. The second-order valence-corrected chi connectivity index (χ2v) is 2.71. The van der Waals surface area contributed by atoms with Gasteiger partial charge >= 0.3 is 6.36 Å². The molecule has 0 amide bonds. The molecule has 15 heavy (non-hydrogen) atoms. The number of nitrogen functional groups attached to an aromatic ring is 1. The maximum atomic E-state index is 11.9. The van der Waals surface area contributed by atoms with Crippen LogP contribution in [-0.2, 0) is 0 Å². The van der Waals surface area contributed by atoms with E-state index in [1.807, 2.05) is 0 Å². The lowest BCUT2D eigenvalue weighted by Gasteiger charge is -2.10. The molecule has 0 aliphatic heterocycles. The quantitative estimate of drug-likeness (QED) is 0.777. The summed E-state index contributed by atoms with van der Waals surface area (Å²) in [6, 6.07) is 2.84. The number of hydrogen-bond donors (Lipinski definition) is 1. The zero-order valence-electron chi connectivity index (χ0n) is 7.59. The zero-order chi connectivity index (χ0) is 11.6. The van der Waals surface area contributed by atoms with Crippen LogP contribution in [-0.4, -0.2) is 11.3 Å². The molecule has 4 nitrogen and oxygen atoms in total. The van der Waals surface area contributed by atoms with Crippen molar-refractivity contribution in [3.8, 4) is 11.9 Å². The fraction of sp³-hybridized carbons (Fsp3) is 0.250. The Morgan fingerprint density at radius 2 is 2.13 bits per heavy atom. The molecule has 1 rings (SSSR count). The van der Waals surface area contributed by atoms with Crippen molar-refractivity contribution in [2.45, 2.75) is 13.3 Å². The predicted octanol–water partition coefficient (Wildman–Crippen LogP) is 1.74. The van der Waals surface area contributed by atoms with Gasteiger partial charge in [-0.05, 0) is 18.6 Å². The van der Waals surface area contributed by atoms with Crippen molar-refractivity contribution in [2.24, 2.45) is 0 Å². The molecule has 0 unspecified atom stereocenters. The Hall–Kier alpha value is -1.97. The van der Waals surface area contributed by atoms with Gasteiger partial charge in [0.05, 0.1) is 5.69 Å². The number of hydrogen-bond acceptors (Lipinski definition) is 4. The molecule has 2 N–H and O–H groups in total. The van der Waals surface area contributed by atoms with Gasteiger partial charge in [-0.3, -0.25) is 0 Å². The summed E-state index contributed by atoms with van der Waals surface area (Å²) in [5, 5.41) is 8.54. The fourth-order valence-electron chi connectivity index (χ4n) is 0.922. The number of nitriles is 1. The number of aromatic nitrogens is 1. The predicted molar refractivity (Wildman–Crippen MR) is 44.8 cm³/mol. The Labute approximate surface area is 83.1 Å². The van der Waals surface area contributed by atoms with E-state index >= 15 is 0 Å². The molecule has 0 saturated carbocycles. The Morgan fingerprint density at radius 1 is 1.53 bits per heavy atom. The molecule has 80 valence electrons. The third-order valence-corrected chi connectivity index (χ3v) is 1.52. The van der Waals surface area contributed by atoms with Crippen molar-refractivity contribution in [3.63, 3.8) is 0 Å². The van der Waals surface area contributed by atoms with Gasteiger partial charge in [0.2, 0.25) is 5.88 Å². The minimum atomic E-state index is -4.87. The van der Waals surface area contributed by atoms with Crippen LogP contribution < -0.4 is 10.5 Å². The summed E-state index contributed by atoms with van der Waals surface area (Å²) in [5.74, 6) is -0.801. The first kappa shape index (κ1) is 11.1. The van der Waals surface area contributed by atoms with Gasteiger partial charge in [-0.1, -0.05) is 0 Å². The minimum absolute atomic E-state index is 0.150. The number of alkyl halides is 3. The summed E-state index contributed by atoms with van der Waals surface area (Å²) in [6.07, 6.45) is -4.87. The summed E-state index contributed by atoms with van der Waals surface area (Å²) in [4.78, 5) is 3.35. The van der Waals surface area contributed by atoms with Gasteiger partial charge in [-0.25, -0.2) is 4.98 Å². The van der Waals surface area contributed by atoms with Crippen LogP contribution in [0.3, 0.4) is 0 Å². The third kappa shape index (κ3) is 2.74. The largest absolute Gasteiger partial charge is 0.574 e. The van der Waals surface area contributed by atoms with E-state index in [9.17, 15) is 13.2 Å². The SMILES string of the molecule is Cc1cc(N)c(OC(F)(F)F)nc1C#N. The fourth-order valence-corrected chi connectivity index (χ4v) is 0.922. The van der Waals surface area contributed by atoms with Crippen LogP contribution in [0.4, 0.5) is 18.9 Å². The normalized spacial score (nSPS) is 10.9. The van der Waals surface area contributed by atoms with Gasteiger partial charge in [-0.2, -0.15) is 5.26 Å². The Bertz CT molecular complexity index is 422. The Balaban J connectivity index is 3.15. The first-order valence-electron chi connectivity index (χ1n) is 3.76. The van der Waals surface area contributed by atoms with Gasteiger partial charge in [0, 0.05) is 0 Å². The maximum Gasteiger partial charge on any atom is 0.574 e. The minimum Gasteiger partial charge on any atom is -0.394 e. The number of rotatable bonds is 1. The summed E-state index contributed by atoms with van der Waals surface area (Å²) >= 11 is 0. The van der Waals surface area contributed by atoms with Crippen molar-refractivity contribution < 1.29 is 17.9 Å². The monoisotopic (exact) mass is 217 g/mol. The maximum absolute atomic E-state index is 11.9. The van der Waals surface area contributed by atoms with Crippen molar-refractivity contribution in [1.29, 1.82) is 5.26 Å². The number of ether oxygens (including phenoxy) is 1. The molecule has 0 saturated heterocycles. The van der Waals surface area contributed by atoms with Gasteiger partial charge in [0.15, 0.2) is 0 Å².